The fraction of sp³-hybridized carbons (Fsp3) is 0.269. The Morgan fingerprint density at radius 2 is 1.68 bits per heavy atom. The zero-order chi connectivity index (χ0) is 22.2. The topological polar surface area (TPSA) is 35.5 Å². The Morgan fingerprint density at radius 3 is 2.45 bits per heavy atom. The number of unbranched alkanes of at least 4 members (excludes halogenated alkanes) is 3. The van der Waals surface area contributed by atoms with Crippen LogP contribution < -0.4 is 4.74 Å². The van der Waals surface area contributed by atoms with Gasteiger partial charge in [-0.15, -0.1) is 0 Å². The monoisotopic (exact) mass is 422 g/mol. The van der Waals surface area contributed by atoms with Gasteiger partial charge in [-0.3, -0.25) is 0 Å². The van der Waals surface area contributed by atoms with E-state index in [-0.39, 0.29) is 11.3 Å². The molecule has 3 aromatic rings. The standard InChI is InChI=1S/C26H24F2O3/c1-3-4-5-6-13-31-25-17-23(27)21(16-24(25)28)10-8-18-7-9-20-15-22(26(29)30-2)12-11-19(20)14-18/h7,9,11-12,14-17H,3-6,13H2,1-2H3. The molecule has 3 aromatic carbocycles. The zero-order valence-corrected chi connectivity index (χ0v) is 17.6. The average Bonchev–Trinajstić information content (AvgIpc) is 2.78. The third kappa shape index (κ3) is 5.82. The molecule has 5 heteroatoms. The molecule has 0 aliphatic heterocycles. The minimum atomic E-state index is -0.630. The summed E-state index contributed by atoms with van der Waals surface area (Å²) < 4.78 is 38.7. The van der Waals surface area contributed by atoms with Gasteiger partial charge in [0.25, 0.3) is 0 Å². The number of fused-ring (bicyclic) bond motifs is 1. The van der Waals surface area contributed by atoms with Gasteiger partial charge in [0.1, 0.15) is 5.82 Å². The Bertz CT molecular complexity index is 1140. The third-order valence-electron chi connectivity index (χ3n) is 4.88. The first kappa shape index (κ1) is 22.3. The number of carbonyl (C=O) groups is 1. The fourth-order valence-corrected chi connectivity index (χ4v) is 3.15. The quantitative estimate of drug-likeness (QED) is 0.256. The van der Waals surface area contributed by atoms with E-state index >= 15 is 0 Å². The van der Waals surface area contributed by atoms with Crippen LogP contribution in [0.25, 0.3) is 10.8 Å². The summed E-state index contributed by atoms with van der Waals surface area (Å²) in [4.78, 5) is 11.6. The molecule has 0 saturated carbocycles. The van der Waals surface area contributed by atoms with E-state index in [0.29, 0.717) is 17.7 Å². The van der Waals surface area contributed by atoms with Gasteiger partial charge in [-0.2, -0.15) is 0 Å². The molecule has 31 heavy (non-hydrogen) atoms. The highest BCUT2D eigenvalue weighted by Gasteiger charge is 2.10. The van der Waals surface area contributed by atoms with E-state index < -0.39 is 17.6 Å². The van der Waals surface area contributed by atoms with Crippen LogP contribution in [0.15, 0.2) is 48.5 Å². The number of halogens is 2. The lowest BCUT2D eigenvalue weighted by molar-refractivity contribution is 0.0601. The lowest BCUT2D eigenvalue weighted by Gasteiger charge is -2.08. The van der Waals surface area contributed by atoms with Crippen molar-refractivity contribution in [2.24, 2.45) is 0 Å². The number of rotatable bonds is 7. The van der Waals surface area contributed by atoms with Crippen LogP contribution >= 0.6 is 0 Å². The molecule has 0 amide bonds. The lowest BCUT2D eigenvalue weighted by Crippen LogP contribution is -2.01. The predicted molar refractivity (Wildman–Crippen MR) is 117 cm³/mol. The van der Waals surface area contributed by atoms with Crippen molar-refractivity contribution in [3.63, 3.8) is 0 Å². The summed E-state index contributed by atoms with van der Waals surface area (Å²) in [6, 6.07) is 12.7. The maximum absolute atomic E-state index is 14.4. The van der Waals surface area contributed by atoms with Gasteiger partial charge in [-0.25, -0.2) is 13.6 Å². The minimum Gasteiger partial charge on any atom is -0.490 e. The van der Waals surface area contributed by atoms with E-state index in [9.17, 15) is 13.6 Å². The molecule has 3 nitrogen and oxygen atoms in total. The first-order chi connectivity index (χ1) is 15.0. The SMILES string of the molecule is CCCCCCOc1cc(F)c(C#Cc2ccc3cc(C(=O)OC)ccc3c2)cc1F. The highest BCUT2D eigenvalue weighted by molar-refractivity contribution is 5.95. The van der Waals surface area contributed by atoms with Crippen LogP contribution in [0.3, 0.4) is 0 Å². The van der Waals surface area contributed by atoms with Gasteiger partial charge < -0.3 is 9.47 Å². The molecule has 0 bridgehead atoms. The smallest absolute Gasteiger partial charge is 0.337 e. The highest BCUT2D eigenvalue weighted by Crippen LogP contribution is 2.22. The van der Waals surface area contributed by atoms with E-state index in [4.69, 9.17) is 9.47 Å². The summed E-state index contributed by atoms with van der Waals surface area (Å²) in [5, 5.41) is 1.73. The van der Waals surface area contributed by atoms with Crippen molar-refractivity contribution < 1.29 is 23.0 Å². The zero-order valence-electron chi connectivity index (χ0n) is 17.6. The molecule has 3 rings (SSSR count). The first-order valence-corrected chi connectivity index (χ1v) is 10.3. The van der Waals surface area contributed by atoms with Crippen molar-refractivity contribution >= 4 is 16.7 Å². The highest BCUT2D eigenvalue weighted by atomic mass is 19.1. The molecule has 0 aliphatic rings. The second-order valence-corrected chi connectivity index (χ2v) is 7.19. The molecule has 0 spiro atoms. The molecule has 0 fully saturated rings. The summed E-state index contributed by atoms with van der Waals surface area (Å²) >= 11 is 0. The van der Waals surface area contributed by atoms with Gasteiger partial charge in [-0.1, -0.05) is 50.2 Å². The fourth-order valence-electron chi connectivity index (χ4n) is 3.15. The predicted octanol–water partition coefficient (Wildman–Crippen LogP) is 6.26. The average molecular weight is 422 g/mol. The van der Waals surface area contributed by atoms with Crippen molar-refractivity contribution in [2.45, 2.75) is 32.6 Å². The second-order valence-electron chi connectivity index (χ2n) is 7.19. The Kier molecular flexibility index (Phi) is 7.61. The molecule has 0 heterocycles. The van der Waals surface area contributed by atoms with Crippen molar-refractivity contribution in [1.29, 1.82) is 0 Å². The van der Waals surface area contributed by atoms with E-state index in [1.54, 1.807) is 24.3 Å². The van der Waals surface area contributed by atoms with E-state index in [2.05, 4.69) is 18.8 Å². The minimum absolute atomic E-state index is 0.0306. The van der Waals surface area contributed by atoms with Crippen molar-refractivity contribution in [3.05, 3.63) is 76.9 Å². The van der Waals surface area contributed by atoms with Crippen LogP contribution in [0.5, 0.6) is 5.75 Å². The van der Waals surface area contributed by atoms with E-state index in [1.165, 1.54) is 7.11 Å². The van der Waals surface area contributed by atoms with Gasteiger partial charge >= 0.3 is 5.97 Å². The molecule has 0 atom stereocenters. The number of carbonyl (C=O) groups excluding carboxylic acids is 1. The van der Waals surface area contributed by atoms with Crippen LogP contribution in [0.2, 0.25) is 0 Å². The first-order valence-electron chi connectivity index (χ1n) is 10.3. The molecule has 0 unspecified atom stereocenters. The van der Waals surface area contributed by atoms with Crippen LogP contribution in [0.4, 0.5) is 8.78 Å². The molecule has 160 valence electrons. The van der Waals surface area contributed by atoms with Gasteiger partial charge in [-0.05, 0) is 47.5 Å². The second kappa shape index (κ2) is 10.6. The Hall–Kier alpha value is -3.39. The third-order valence-corrected chi connectivity index (χ3v) is 4.88. The van der Waals surface area contributed by atoms with Crippen LogP contribution in [0, 0.1) is 23.5 Å². The number of hydrogen-bond acceptors (Lipinski definition) is 3. The maximum Gasteiger partial charge on any atom is 0.337 e. The largest absolute Gasteiger partial charge is 0.490 e. The Labute approximate surface area is 181 Å². The normalized spacial score (nSPS) is 10.5. The molecular weight excluding hydrogens is 398 g/mol. The lowest BCUT2D eigenvalue weighted by atomic mass is 10.0. The molecular formula is C26H24F2O3. The summed E-state index contributed by atoms with van der Waals surface area (Å²) in [7, 11) is 1.33. The summed E-state index contributed by atoms with van der Waals surface area (Å²) in [6.45, 7) is 2.46. The van der Waals surface area contributed by atoms with Gasteiger partial charge in [0.05, 0.1) is 24.8 Å². The van der Waals surface area contributed by atoms with Crippen molar-refractivity contribution in [2.75, 3.05) is 13.7 Å². The molecule has 0 radical (unpaired) electrons. The number of esters is 1. The Morgan fingerprint density at radius 1 is 0.903 bits per heavy atom. The van der Waals surface area contributed by atoms with Crippen molar-refractivity contribution in [3.8, 4) is 17.6 Å². The number of methoxy groups -OCH3 is 1. The molecule has 0 aromatic heterocycles. The summed E-state index contributed by atoms with van der Waals surface area (Å²) in [5.74, 6) is 3.81. The van der Waals surface area contributed by atoms with Gasteiger partial charge in [0.15, 0.2) is 11.6 Å². The van der Waals surface area contributed by atoms with E-state index in [1.807, 2.05) is 12.1 Å². The maximum atomic E-state index is 14.4. The summed E-state index contributed by atoms with van der Waals surface area (Å²) in [5.41, 5.74) is 1.07. The molecule has 0 saturated heterocycles. The van der Waals surface area contributed by atoms with E-state index in [0.717, 1.165) is 48.6 Å². The number of ether oxygens (including phenoxy) is 2. The van der Waals surface area contributed by atoms with Gasteiger partial charge in [0, 0.05) is 11.6 Å². The number of hydrogen-bond donors (Lipinski definition) is 0. The molecule has 0 N–H and O–H groups in total. The van der Waals surface area contributed by atoms with Crippen LogP contribution in [-0.4, -0.2) is 19.7 Å². The van der Waals surface area contributed by atoms with Crippen molar-refractivity contribution in [1.82, 2.24) is 0 Å². The summed E-state index contributed by atoms with van der Waals surface area (Å²) in [6.07, 6.45) is 4.00. The molecule has 0 aliphatic carbocycles. The Balaban J connectivity index is 1.75. The van der Waals surface area contributed by atoms with Crippen LogP contribution in [0.1, 0.15) is 54.1 Å². The number of benzene rings is 3. The van der Waals surface area contributed by atoms with Crippen LogP contribution in [-0.2, 0) is 4.74 Å². The van der Waals surface area contributed by atoms with Gasteiger partial charge in [0.2, 0.25) is 0 Å².